The van der Waals surface area contributed by atoms with Crippen molar-refractivity contribution in [2.75, 3.05) is 13.1 Å². The number of rotatable bonds is 8. The Balaban J connectivity index is 1.90. The lowest BCUT2D eigenvalue weighted by molar-refractivity contribution is 0.157. The van der Waals surface area contributed by atoms with Crippen molar-refractivity contribution in [1.29, 1.82) is 0 Å². The van der Waals surface area contributed by atoms with Crippen molar-refractivity contribution >= 4 is 34.5 Å². The first-order valence-corrected chi connectivity index (χ1v) is 9.87. The second-order valence-corrected chi connectivity index (χ2v) is 8.70. The molecule has 1 nitrogen and oxygen atoms in total. The molecule has 0 amide bonds. The van der Waals surface area contributed by atoms with Crippen LogP contribution in [0.25, 0.3) is 0 Å². The zero-order valence-electron chi connectivity index (χ0n) is 13.0. The van der Waals surface area contributed by atoms with Crippen molar-refractivity contribution in [3.63, 3.8) is 0 Å². The van der Waals surface area contributed by atoms with Crippen molar-refractivity contribution in [3.05, 3.63) is 20.3 Å². The lowest BCUT2D eigenvalue weighted by atomic mass is 9.68. The first-order valence-electron chi connectivity index (χ1n) is 8.30. The predicted molar refractivity (Wildman–Crippen MR) is 96.0 cm³/mol. The maximum atomic E-state index is 6.28. The summed E-state index contributed by atoms with van der Waals surface area (Å²) in [6, 6.07) is 2.06. The van der Waals surface area contributed by atoms with Crippen LogP contribution in [0.2, 0.25) is 8.67 Å². The van der Waals surface area contributed by atoms with E-state index in [0.717, 1.165) is 28.2 Å². The molecule has 1 aliphatic rings. The molecule has 0 radical (unpaired) electrons. The molecule has 1 aromatic rings. The van der Waals surface area contributed by atoms with Crippen molar-refractivity contribution < 1.29 is 0 Å². The summed E-state index contributed by atoms with van der Waals surface area (Å²) in [4.78, 5) is 0. The highest BCUT2D eigenvalue weighted by atomic mass is 35.5. The number of aryl methyl sites for hydroxylation is 1. The van der Waals surface area contributed by atoms with Gasteiger partial charge in [0.25, 0.3) is 0 Å². The van der Waals surface area contributed by atoms with Gasteiger partial charge in [0.1, 0.15) is 0 Å². The summed E-state index contributed by atoms with van der Waals surface area (Å²) in [5.74, 6) is 0. The summed E-state index contributed by atoms with van der Waals surface area (Å²) >= 11 is 13.8. The minimum Gasteiger partial charge on any atom is -0.317 e. The predicted octanol–water partition coefficient (Wildman–Crippen LogP) is 6.33. The number of hydrogen-bond donors (Lipinski definition) is 1. The molecule has 1 aliphatic carbocycles. The maximum Gasteiger partial charge on any atom is 0.0976 e. The Labute approximate surface area is 143 Å². The van der Waals surface area contributed by atoms with E-state index in [1.807, 2.05) is 0 Å². The fourth-order valence-corrected chi connectivity index (χ4v) is 5.07. The molecule has 2 rings (SSSR count). The van der Waals surface area contributed by atoms with Gasteiger partial charge in [-0.1, -0.05) is 49.4 Å². The Hall–Kier alpha value is 0.240. The standard InChI is InChI=1S/C17H27Cl2NS/c1-2-11-20-12-10-17(7-4-3-5-8-17)9-6-14-13-15(18)21-16(14)19/h13,20H,2-12H2,1H3. The molecule has 4 heteroatoms. The van der Waals surface area contributed by atoms with Gasteiger partial charge in [0.2, 0.25) is 0 Å². The molecule has 21 heavy (non-hydrogen) atoms. The van der Waals surface area contributed by atoms with Gasteiger partial charge in [-0.25, -0.2) is 0 Å². The third-order valence-corrected chi connectivity index (χ3v) is 6.39. The molecule has 0 saturated heterocycles. The van der Waals surface area contributed by atoms with Gasteiger partial charge in [0.05, 0.1) is 8.67 Å². The molecule has 1 saturated carbocycles. The minimum absolute atomic E-state index is 0.525. The zero-order chi connectivity index (χ0) is 15.1. The highest BCUT2D eigenvalue weighted by Gasteiger charge is 2.31. The van der Waals surface area contributed by atoms with Crippen LogP contribution in [0.4, 0.5) is 0 Å². The summed E-state index contributed by atoms with van der Waals surface area (Å²) in [6.45, 7) is 4.53. The van der Waals surface area contributed by atoms with Crippen molar-refractivity contribution in [1.82, 2.24) is 5.32 Å². The monoisotopic (exact) mass is 347 g/mol. The van der Waals surface area contributed by atoms with Crippen molar-refractivity contribution in [2.45, 2.75) is 64.7 Å². The Morgan fingerprint density at radius 1 is 1.14 bits per heavy atom. The Bertz CT molecular complexity index is 424. The van der Waals surface area contributed by atoms with Gasteiger partial charge in [0.15, 0.2) is 0 Å². The average Bonchev–Trinajstić information content (AvgIpc) is 2.81. The molecular formula is C17H27Cl2NS. The third-order valence-electron chi connectivity index (χ3n) is 4.83. The highest BCUT2D eigenvalue weighted by molar-refractivity contribution is 7.20. The summed E-state index contributed by atoms with van der Waals surface area (Å²) in [5, 5.41) is 3.58. The third kappa shape index (κ3) is 5.42. The van der Waals surface area contributed by atoms with E-state index < -0.39 is 0 Å². The largest absolute Gasteiger partial charge is 0.317 e. The van der Waals surface area contributed by atoms with Crippen molar-refractivity contribution in [3.8, 4) is 0 Å². The SMILES string of the molecule is CCCNCCC1(CCc2cc(Cl)sc2Cl)CCCCC1. The molecule has 1 heterocycles. The average molecular weight is 348 g/mol. The smallest absolute Gasteiger partial charge is 0.0976 e. The van der Waals surface area contributed by atoms with Crippen LogP contribution >= 0.6 is 34.5 Å². The van der Waals surface area contributed by atoms with Gasteiger partial charge in [-0.2, -0.15) is 0 Å². The second-order valence-electron chi connectivity index (χ2n) is 6.41. The van der Waals surface area contributed by atoms with Gasteiger partial charge in [-0.05, 0) is 68.7 Å². The quantitative estimate of drug-likeness (QED) is 0.542. The summed E-state index contributed by atoms with van der Waals surface area (Å²) in [7, 11) is 0. The van der Waals surface area contributed by atoms with Gasteiger partial charge in [-0.3, -0.25) is 0 Å². The number of thiophene rings is 1. The van der Waals surface area contributed by atoms with Gasteiger partial charge >= 0.3 is 0 Å². The van der Waals surface area contributed by atoms with E-state index >= 15 is 0 Å². The van der Waals surface area contributed by atoms with E-state index in [0.29, 0.717) is 5.41 Å². The number of hydrogen-bond acceptors (Lipinski definition) is 2. The van der Waals surface area contributed by atoms with E-state index in [1.54, 1.807) is 0 Å². The topological polar surface area (TPSA) is 12.0 Å². The van der Waals surface area contributed by atoms with Crippen LogP contribution in [0.5, 0.6) is 0 Å². The van der Waals surface area contributed by atoms with E-state index in [9.17, 15) is 0 Å². The zero-order valence-corrected chi connectivity index (χ0v) is 15.3. The van der Waals surface area contributed by atoms with E-state index in [4.69, 9.17) is 23.2 Å². The van der Waals surface area contributed by atoms with Crippen LogP contribution in [-0.2, 0) is 6.42 Å². The van der Waals surface area contributed by atoms with Crippen LogP contribution in [0.1, 0.15) is 63.9 Å². The van der Waals surface area contributed by atoms with E-state index in [1.165, 1.54) is 68.3 Å². The first-order chi connectivity index (χ1) is 10.2. The summed E-state index contributed by atoms with van der Waals surface area (Å²) < 4.78 is 1.70. The van der Waals surface area contributed by atoms with Crippen LogP contribution in [0, 0.1) is 5.41 Å². The van der Waals surface area contributed by atoms with Gasteiger partial charge in [0, 0.05) is 0 Å². The summed E-state index contributed by atoms with van der Waals surface area (Å²) in [5.41, 5.74) is 1.77. The summed E-state index contributed by atoms with van der Waals surface area (Å²) in [6.07, 6.45) is 11.8. The van der Waals surface area contributed by atoms with Crippen LogP contribution in [-0.4, -0.2) is 13.1 Å². The van der Waals surface area contributed by atoms with E-state index in [2.05, 4.69) is 18.3 Å². The van der Waals surface area contributed by atoms with E-state index in [-0.39, 0.29) is 0 Å². The fourth-order valence-electron chi connectivity index (χ4n) is 3.53. The van der Waals surface area contributed by atoms with Crippen molar-refractivity contribution in [2.24, 2.45) is 5.41 Å². The second kappa shape index (κ2) is 8.76. The lowest BCUT2D eigenvalue weighted by Gasteiger charge is -2.38. The molecule has 0 bridgehead atoms. The normalized spacial score (nSPS) is 18.0. The first kappa shape index (κ1) is 17.6. The molecule has 0 atom stereocenters. The number of halogens is 2. The van der Waals surface area contributed by atoms with Crippen LogP contribution in [0.15, 0.2) is 6.07 Å². The molecule has 0 aliphatic heterocycles. The number of nitrogens with one attached hydrogen (secondary N) is 1. The van der Waals surface area contributed by atoms with Gasteiger partial charge < -0.3 is 5.32 Å². The molecule has 0 spiro atoms. The fraction of sp³-hybridized carbons (Fsp3) is 0.765. The molecule has 0 aromatic carbocycles. The molecular weight excluding hydrogens is 321 g/mol. The minimum atomic E-state index is 0.525. The molecule has 120 valence electrons. The highest BCUT2D eigenvalue weighted by Crippen LogP contribution is 2.44. The molecule has 1 N–H and O–H groups in total. The molecule has 1 fully saturated rings. The van der Waals surface area contributed by atoms with Gasteiger partial charge in [-0.15, -0.1) is 11.3 Å². The lowest BCUT2D eigenvalue weighted by Crippen LogP contribution is -2.30. The molecule has 0 unspecified atom stereocenters. The Kier molecular flexibility index (Phi) is 7.34. The maximum absolute atomic E-state index is 6.28. The molecule has 1 aromatic heterocycles. The van der Waals surface area contributed by atoms with Crippen LogP contribution < -0.4 is 5.32 Å². The Morgan fingerprint density at radius 3 is 2.52 bits per heavy atom. The van der Waals surface area contributed by atoms with Crippen LogP contribution in [0.3, 0.4) is 0 Å². The Morgan fingerprint density at radius 2 is 1.90 bits per heavy atom.